The number of furan rings is 1. The first-order chi connectivity index (χ1) is 16.1. The van der Waals surface area contributed by atoms with Crippen LogP contribution >= 0.6 is 11.3 Å². The maximum Gasteiger partial charge on any atom is 0.273 e. The second-order valence-corrected chi connectivity index (χ2v) is 9.39. The van der Waals surface area contributed by atoms with E-state index in [0.717, 1.165) is 40.1 Å². The molecular formula is C25H26N4O3S. The molecule has 8 heteroatoms. The molecule has 7 nitrogen and oxygen atoms in total. The summed E-state index contributed by atoms with van der Waals surface area (Å²) >= 11 is 1.53. The van der Waals surface area contributed by atoms with Gasteiger partial charge in [-0.25, -0.2) is 4.98 Å². The highest BCUT2D eigenvalue weighted by Crippen LogP contribution is 2.31. The Morgan fingerprint density at radius 2 is 2.03 bits per heavy atom. The summed E-state index contributed by atoms with van der Waals surface area (Å²) in [5.41, 5.74) is 2.57. The minimum atomic E-state index is -0.111. The van der Waals surface area contributed by atoms with Crippen molar-refractivity contribution in [3.8, 4) is 0 Å². The van der Waals surface area contributed by atoms with Gasteiger partial charge in [0.1, 0.15) is 11.5 Å². The van der Waals surface area contributed by atoms with Gasteiger partial charge in [-0.3, -0.25) is 9.59 Å². The topological polar surface area (TPSA) is 82.4 Å². The fourth-order valence-corrected chi connectivity index (χ4v) is 5.37. The monoisotopic (exact) mass is 462 g/mol. The van der Waals surface area contributed by atoms with Gasteiger partial charge in [-0.05, 0) is 36.6 Å². The van der Waals surface area contributed by atoms with Crippen LogP contribution < -0.4 is 0 Å². The third kappa shape index (κ3) is 4.57. The zero-order chi connectivity index (χ0) is 22.8. The third-order valence-corrected chi connectivity index (χ3v) is 7.28. The lowest BCUT2D eigenvalue weighted by molar-refractivity contribution is -0.131. The Hall–Kier alpha value is -3.39. The van der Waals surface area contributed by atoms with Gasteiger partial charge in [0, 0.05) is 48.5 Å². The Kier molecular flexibility index (Phi) is 6.00. The first-order valence-electron chi connectivity index (χ1n) is 11.1. The molecule has 1 aliphatic heterocycles. The van der Waals surface area contributed by atoms with Crippen molar-refractivity contribution < 1.29 is 14.0 Å². The van der Waals surface area contributed by atoms with Crippen molar-refractivity contribution in [3.05, 3.63) is 76.3 Å². The number of carbonyl (C=O) groups excluding carboxylic acids is 2. The fraction of sp³-hybridized carbons (Fsp3) is 0.320. The smallest absolute Gasteiger partial charge is 0.273 e. The molecule has 0 aliphatic carbocycles. The highest BCUT2D eigenvalue weighted by Gasteiger charge is 2.27. The minimum Gasteiger partial charge on any atom is -0.467 e. The highest BCUT2D eigenvalue weighted by molar-refractivity contribution is 7.09. The summed E-state index contributed by atoms with van der Waals surface area (Å²) in [6.07, 6.45) is 5.68. The van der Waals surface area contributed by atoms with Gasteiger partial charge in [0.25, 0.3) is 5.91 Å². The summed E-state index contributed by atoms with van der Waals surface area (Å²) in [6.45, 7) is 1.84. The number of aromatic nitrogens is 2. The van der Waals surface area contributed by atoms with Gasteiger partial charge in [-0.1, -0.05) is 18.2 Å². The van der Waals surface area contributed by atoms with Crippen LogP contribution in [0.5, 0.6) is 0 Å². The number of fused-ring (bicyclic) bond motifs is 1. The number of amides is 2. The molecule has 0 bridgehead atoms. The summed E-state index contributed by atoms with van der Waals surface area (Å²) in [5.74, 6) is 1.07. The second kappa shape index (κ2) is 9.23. The molecule has 0 radical (unpaired) electrons. The van der Waals surface area contributed by atoms with Crippen LogP contribution in [0.3, 0.4) is 0 Å². The Morgan fingerprint density at radius 1 is 1.21 bits per heavy atom. The first kappa shape index (κ1) is 21.5. The number of H-pyrrole nitrogens is 1. The molecule has 4 aromatic rings. The molecule has 33 heavy (non-hydrogen) atoms. The standard InChI is InChI=1S/C25H26N4O3S/c1-28(15-19-5-4-12-32-19)25(31)22-16-33-24(27-22)17-8-10-29(11-9-17)23(30)13-18-14-26-21-7-3-2-6-20(18)21/h2-7,12,14,16-17,26H,8-11,13,15H2,1H3. The maximum atomic E-state index is 12.9. The van der Waals surface area contributed by atoms with Crippen molar-refractivity contribution in [2.75, 3.05) is 20.1 Å². The number of hydrogen-bond acceptors (Lipinski definition) is 5. The normalized spacial score (nSPS) is 14.6. The van der Waals surface area contributed by atoms with E-state index in [1.54, 1.807) is 18.2 Å². The van der Waals surface area contributed by atoms with Crippen molar-refractivity contribution >= 4 is 34.1 Å². The van der Waals surface area contributed by atoms with Crippen molar-refractivity contribution in [3.63, 3.8) is 0 Å². The number of thiazole rings is 1. The van der Waals surface area contributed by atoms with Gasteiger partial charge in [-0.15, -0.1) is 11.3 Å². The predicted octanol–water partition coefficient (Wildman–Crippen LogP) is 4.44. The minimum absolute atomic E-state index is 0.111. The van der Waals surface area contributed by atoms with Crippen molar-refractivity contribution in [2.45, 2.75) is 31.7 Å². The molecule has 1 saturated heterocycles. The van der Waals surface area contributed by atoms with Crippen LogP contribution in [-0.4, -0.2) is 51.7 Å². The molecule has 3 aromatic heterocycles. The molecule has 4 heterocycles. The van der Waals surface area contributed by atoms with Gasteiger partial charge in [0.15, 0.2) is 0 Å². The number of carbonyl (C=O) groups is 2. The number of likely N-dealkylation sites (tertiary alicyclic amines) is 1. The number of nitrogens with zero attached hydrogens (tertiary/aromatic N) is 3. The number of benzene rings is 1. The number of aromatic amines is 1. The lowest BCUT2D eigenvalue weighted by Crippen LogP contribution is -2.38. The first-order valence-corrected chi connectivity index (χ1v) is 12.0. The van der Waals surface area contributed by atoms with Crippen LogP contribution in [0.2, 0.25) is 0 Å². The summed E-state index contributed by atoms with van der Waals surface area (Å²) in [4.78, 5) is 37.1. The third-order valence-electron chi connectivity index (χ3n) is 6.27. The van der Waals surface area contributed by atoms with Crippen LogP contribution in [0.4, 0.5) is 0 Å². The van der Waals surface area contributed by atoms with E-state index in [9.17, 15) is 9.59 Å². The Morgan fingerprint density at radius 3 is 2.82 bits per heavy atom. The fourth-order valence-electron chi connectivity index (χ4n) is 4.41. The molecule has 1 N–H and O–H groups in total. The molecule has 2 amide bonds. The molecule has 1 aliphatic rings. The van der Waals surface area contributed by atoms with Crippen molar-refractivity contribution in [1.29, 1.82) is 0 Å². The van der Waals surface area contributed by atoms with Crippen LogP contribution in [-0.2, 0) is 17.8 Å². The summed E-state index contributed by atoms with van der Waals surface area (Å²) in [6, 6.07) is 11.7. The van der Waals surface area contributed by atoms with Crippen LogP contribution in [0.1, 0.15) is 45.6 Å². The SMILES string of the molecule is CN(Cc1ccco1)C(=O)c1csc(C2CCN(C(=O)Cc3c[nH]c4ccccc34)CC2)n1. The molecule has 170 valence electrons. The van der Waals surface area contributed by atoms with Gasteiger partial charge in [0.05, 0.1) is 24.2 Å². The molecule has 0 atom stereocenters. The quantitative estimate of drug-likeness (QED) is 0.459. The van der Waals surface area contributed by atoms with Gasteiger partial charge < -0.3 is 19.2 Å². The highest BCUT2D eigenvalue weighted by atomic mass is 32.1. The summed E-state index contributed by atoms with van der Waals surface area (Å²) < 4.78 is 5.33. The second-order valence-electron chi connectivity index (χ2n) is 8.50. The Labute approximate surface area is 196 Å². The van der Waals surface area contributed by atoms with Crippen LogP contribution in [0.25, 0.3) is 10.9 Å². The van der Waals surface area contributed by atoms with E-state index in [-0.39, 0.29) is 17.7 Å². The number of para-hydroxylation sites is 1. The predicted molar refractivity (Wildman–Crippen MR) is 127 cm³/mol. The zero-order valence-electron chi connectivity index (χ0n) is 18.5. The summed E-state index contributed by atoms with van der Waals surface area (Å²) in [5, 5.41) is 3.93. The number of rotatable bonds is 6. The number of piperidine rings is 1. The molecule has 0 saturated carbocycles. The average Bonchev–Trinajstić information content (AvgIpc) is 3.60. The molecule has 5 rings (SSSR count). The van der Waals surface area contributed by atoms with E-state index < -0.39 is 0 Å². The van der Waals surface area contributed by atoms with Gasteiger partial charge in [-0.2, -0.15) is 0 Å². The average molecular weight is 463 g/mol. The van der Waals surface area contributed by atoms with E-state index >= 15 is 0 Å². The van der Waals surface area contributed by atoms with E-state index in [4.69, 9.17) is 4.42 Å². The van der Waals surface area contributed by atoms with Crippen LogP contribution in [0.15, 0.2) is 58.7 Å². The van der Waals surface area contributed by atoms with E-state index in [1.165, 1.54) is 11.3 Å². The molecule has 0 spiro atoms. The van der Waals surface area contributed by atoms with Gasteiger partial charge in [0.2, 0.25) is 5.91 Å². The Balaban J connectivity index is 1.16. The molecule has 1 fully saturated rings. The largest absolute Gasteiger partial charge is 0.467 e. The van der Waals surface area contributed by atoms with Crippen molar-refractivity contribution in [1.82, 2.24) is 19.8 Å². The van der Waals surface area contributed by atoms with Crippen LogP contribution in [0, 0.1) is 0 Å². The van der Waals surface area contributed by atoms with Gasteiger partial charge >= 0.3 is 0 Å². The molecule has 1 aromatic carbocycles. The molecular weight excluding hydrogens is 436 g/mol. The summed E-state index contributed by atoms with van der Waals surface area (Å²) in [7, 11) is 1.75. The van der Waals surface area contributed by atoms with E-state index in [1.807, 2.05) is 52.9 Å². The Bertz CT molecular complexity index is 1250. The number of nitrogens with one attached hydrogen (secondary N) is 1. The lowest BCUT2D eigenvalue weighted by atomic mass is 9.97. The number of hydrogen-bond donors (Lipinski definition) is 1. The lowest BCUT2D eigenvalue weighted by Gasteiger charge is -2.31. The molecule has 0 unspecified atom stereocenters. The van der Waals surface area contributed by atoms with E-state index in [0.29, 0.717) is 31.7 Å². The van der Waals surface area contributed by atoms with Crippen molar-refractivity contribution in [2.24, 2.45) is 0 Å². The van der Waals surface area contributed by atoms with E-state index in [2.05, 4.69) is 9.97 Å². The zero-order valence-corrected chi connectivity index (χ0v) is 19.3. The maximum absolute atomic E-state index is 12.9.